The summed E-state index contributed by atoms with van der Waals surface area (Å²) in [6, 6.07) is 7.93. The fraction of sp³-hybridized carbons (Fsp3) is 0.364. The molecular weight excluding hydrogens is 380 g/mol. The molecule has 0 aliphatic carbocycles. The number of ether oxygens (including phenoxy) is 2. The van der Waals surface area contributed by atoms with E-state index in [2.05, 4.69) is 33.4 Å². The number of hydrogen-bond acceptors (Lipinski definition) is 7. The third-order valence-electron chi connectivity index (χ3n) is 4.66. The van der Waals surface area contributed by atoms with Crippen LogP contribution in [0, 0.1) is 11.3 Å². The van der Waals surface area contributed by atoms with Crippen LogP contribution in [0.3, 0.4) is 0 Å². The third-order valence-corrected chi connectivity index (χ3v) is 4.66. The molecule has 2 aromatic heterocycles. The summed E-state index contributed by atoms with van der Waals surface area (Å²) < 4.78 is 12.4. The lowest BCUT2D eigenvalue weighted by Crippen LogP contribution is -2.04. The van der Waals surface area contributed by atoms with Crippen LogP contribution in [0.4, 0.5) is 11.6 Å². The zero-order valence-electron chi connectivity index (χ0n) is 17.6. The van der Waals surface area contributed by atoms with Crippen molar-refractivity contribution in [1.29, 1.82) is 5.26 Å². The van der Waals surface area contributed by atoms with E-state index in [9.17, 15) is 5.26 Å². The maximum atomic E-state index is 9.59. The molecular formula is C22H26N6O2. The van der Waals surface area contributed by atoms with Crippen LogP contribution in [0.1, 0.15) is 30.9 Å². The molecule has 8 nitrogen and oxygen atoms in total. The van der Waals surface area contributed by atoms with Crippen LogP contribution >= 0.6 is 0 Å². The van der Waals surface area contributed by atoms with E-state index < -0.39 is 0 Å². The highest BCUT2D eigenvalue weighted by Gasteiger charge is 2.14. The van der Waals surface area contributed by atoms with Gasteiger partial charge in [-0.2, -0.15) is 10.4 Å². The quantitative estimate of drug-likeness (QED) is 0.544. The van der Waals surface area contributed by atoms with Gasteiger partial charge in [-0.05, 0) is 36.6 Å². The number of rotatable bonds is 10. The average Bonchev–Trinajstić information content (AvgIpc) is 3.22. The summed E-state index contributed by atoms with van der Waals surface area (Å²) in [5.41, 5.74) is 3.91. The van der Waals surface area contributed by atoms with Gasteiger partial charge in [0, 0.05) is 25.1 Å². The zero-order valence-corrected chi connectivity index (χ0v) is 17.6. The molecule has 0 radical (unpaired) electrons. The Balaban J connectivity index is 1.87. The van der Waals surface area contributed by atoms with Crippen molar-refractivity contribution in [3.05, 3.63) is 47.9 Å². The minimum Gasteiger partial charge on any atom is -0.495 e. The monoisotopic (exact) mass is 406 g/mol. The maximum absolute atomic E-state index is 9.59. The summed E-state index contributed by atoms with van der Waals surface area (Å²) in [4.78, 5) is 8.93. The average molecular weight is 406 g/mol. The standard InChI is InChI=1S/C22H26N6O2/c1-4-5-6-16-11-17(12-18(13-23)21(16)30-3)20-7-8-24-22(27-20)26-19-14-25-28(15-19)9-10-29-2/h7-8,11-12,14-15H,4-6,9-10H2,1-3H3,(H,24,26,27). The van der Waals surface area contributed by atoms with Crippen LogP contribution in [0.5, 0.6) is 5.75 Å². The summed E-state index contributed by atoms with van der Waals surface area (Å²) in [6.07, 6.45) is 8.22. The van der Waals surface area contributed by atoms with Gasteiger partial charge in [0.1, 0.15) is 11.8 Å². The minimum absolute atomic E-state index is 0.461. The van der Waals surface area contributed by atoms with Gasteiger partial charge in [-0.25, -0.2) is 9.97 Å². The molecule has 2 heterocycles. The Morgan fingerprint density at radius 2 is 2.13 bits per heavy atom. The largest absolute Gasteiger partial charge is 0.495 e. The molecule has 0 spiro atoms. The highest BCUT2D eigenvalue weighted by Crippen LogP contribution is 2.31. The molecule has 0 saturated carbocycles. The second-order valence-electron chi connectivity index (χ2n) is 6.81. The van der Waals surface area contributed by atoms with E-state index in [0.29, 0.717) is 30.4 Å². The number of aromatic nitrogens is 4. The van der Waals surface area contributed by atoms with E-state index in [-0.39, 0.29) is 0 Å². The number of nitrogens with one attached hydrogen (secondary N) is 1. The summed E-state index contributed by atoms with van der Waals surface area (Å²) in [5.74, 6) is 1.11. The van der Waals surface area contributed by atoms with Gasteiger partial charge in [0.25, 0.3) is 0 Å². The molecule has 3 rings (SSSR count). The first-order valence-electron chi connectivity index (χ1n) is 9.91. The predicted molar refractivity (Wildman–Crippen MR) is 115 cm³/mol. The van der Waals surface area contributed by atoms with Gasteiger partial charge >= 0.3 is 0 Å². The number of nitriles is 1. The van der Waals surface area contributed by atoms with Crippen LogP contribution in [0.15, 0.2) is 36.8 Å². The van der Waals surface area contributed by atoms with Gasteiger partial charge in [0.15, 0.2) is 0 Å². The van der Waals surface area contributed by atoms with Crippen molar-refractivity contribution in [2.75, 3.05) is 26.1 Å². The van der Waals surface area contributed by atoms with E-state index in [1.165, 1.54) is 0 Å². The third kappa shape index (κ3) is 5.13. The van der Waals surface area contributed by atoms with Crippen molar-refractivity contribution in [3.8, 4) is 23.1 Å². The van der Waals surface area contributed by atoms with Gasteiger partial charge in [-0.15, -0.1) is 0 Å². The molecule has 0 bridgehead atoms. The first kappa shape index (κ1) is 21.3. The van der Waals surface area contributed by atoms with Crippen molar-refractivity contribution in [2.45, 2.75) is 32.7 Å². The van der Waals surface area contributed by atoms with Crippen molar-refractivity contribution in [2.24, 2.45) is 0 Å². The Bertz CT molecular complexity index is 1020. The molecule has 0 aliphatic heterocycles. The van der Waals surface area contributed by atoms with Crippen LogP contribution in [-0.4, -0.2) is 40.6 Å². The summed E-state index contributed by atoms with van der Waals surface area (Å²) in [5, 5.41) is 17.0. The van der Waals surface area contributed by atoms with Gasteiger partial charge in [0.05, 0.1) is 43.4 Å². The molecule has 0 aliphatic rings. The SMILES string of the molecule is CCCCc1cc(-c2ccnc(Nc3cnn(CCOC)c3)n2)cc(C#N)c1OC. The first-order chi connectivity index (χ1) is 14.7. The lowest BCUT2D eigenvalue weighted by Gasteiger charge is -2.13. The van der Waals surface area contributed by atoms with Crippen molar-refractivity contribution >= 4 is 11.6 Å². The normalized spacial score (nSPS) is 10.6. The number of hydrogen-bond donors (Lipinski definition) is 1. The Labute approximate surface area is 176 Å². The van der Waals surface area contributed by atoms with Gasteiger partial charge < -0.3 is 14.8 Å². The van der Waals surface area contributed by atoms with Crippen molar-refractivity contribution in [1.82, 2.24) is 19.7 Å². The smallest absolute Gasteiger partial charge is 0.227 e. The molecule has 0 saturated heterocycles. The van der Waals surface area contributed by atoms with Crippen molar-refractivity contribution < 1.29 is 9.47 Å². The molecule has 0 atom stereocenters. The Morgan fingerprint density at radius 1 is 1.27 bits per heavy atom. The number of aryl methyl sites for hydroxylation is 1. The van der Waals surface area contributed by atoms with Gasteiger partial charge in [0.2, 0.25) is 5.95 Å². The number of nitrogens with zero attached hydrogens (tertiary/aromatic N) is 5. The molecule has 0 fully saturated rings. The lowest BCUT2D eigenvalue weighted by atomic mass is 9.98. The number of unbranched alkanes of at least 4 members (excludes halogenated alkanes) is 1. The van der Waals surface area contributed by atoms with E-state index >= 15 is 0 Å². The van der Waals surface area contributed by atoms with Crippen molar-refractivity contribution in [3.63, 3.8) is 0 Å². The fourth-order valence-corrected chi connectivity index (χ4v) is 3.16. The summed E-state index contributed by atoms with van der Waals surface area (Å²) in [7, 11) is 3.26. The molecule has 1 N–H and O–H groups in total. The molecule has 0 amide bonds. The number of benzene rings is 1. The second-order valence-corrected chi connectivity index (χ2v) is 6.81. The summed E-state index contributed by atoms with van der Waals surface area (Å²) >= 11 is 0. The molecule has 30 heavy (non-hydrogen) atoms. The number of anilines is 2. The van der Waals surface area contributed by atoms with Crippen LogP contribution < -0.4 is 10.1 Å². The molecule has 8 heteroatoms. The molecule has 1 aromatic carbocycles. The Kier molecular flexibility index (Phi) is 7.35. The Hall–Kier alpha value is -3.44. The van der Waals surface area contributed by atoms with E-state index in [0.717, 1.165) is 41.8 Å². The number of methoxy groups -OCH3 is 2. The predicted octanol–water partition coefficient (Wildman–Crippen LogP) is 3.95. The zero-order chi connectivity index (χ0) is 21.3. The van der Waals surface area contributed by atoms with E-state index in [1.807, 2.05) is 24.4 Å². The second kappa shape index (κ2) is 10.4. The minimum atomic E-state index is 0.461. The topological polar surface area (TPSA) is 97.9 Å². The van der Waals surface area contributed by atoms with Crippen LogP contribution in [-0.2, 0) is 17.7 Å². The van der Waals surface area contributed by atoms with Crippen LogP contribution in [0.25, 0.3) is 11.3 Å². The highest BCUT2D eigenvalue weighted by molar-refractivity contribution is 5.67. The molecule has 3 aromatic rings. The lowest BCUT2D eigenvalue weighted by molar-refractivity contribution is 0.183. The highest BCUT2D eigenvalue weighted by atomic mass is 16.5. The van der Waals surface area contributed by atoms with E-state index in [1.54, 1.807) is 31.3 Å². The maximum Gasteiger partial charge on any atom is 0.227 e. The summed E-state index contributed by atoms with van der Waals surface area (Å²) in [6.45, 7) is 3.40. The molecule has 0 unspecified atom stereocenters. The van der Waals surface area contributed by atoms with Gasteiger partial charge in [-0.1, -0.05) is 13.3 Å². The van der Waals surface area contributed by atoms with Crippen LogP contribution in [0.2, 0.25) is 0 Å². The first-order valence-corrected chi connectivity index (χ1v) is 9.91. The van der Waals surface area contributed by atoms with Gasteiger partial charge in [-0.3, -0.25) is 4.68 Å². The molecule has 156 valence electrons. The fourth-order valence-electron chi connectivity index (χ4n) is 3.16. The Morgan fingerprint density at radius 3 is 2.87 bits per heavy atom. The van der Waals surface area contributed by atoms with E-state index in [4.69, 9.17) is 9.47 Å².